The van der Waals surface area contributed by atoms with E-state index < -0.39 is 0 Å². The quantitative estimate of drug-likeness (QED) is 0.781. The predicted octanol–water partition coefficient (Wildman–Crippen LogP) is 4.39. The molecule has 1 N–H and O–H groups in total. The average molecular weight is 310 g/mol. The lowest BCUT2D eigenvalue weighted by molar-refractivity contribution is 0.263. The Balaban J connectivity index is 1.89. The maximum Gasteiger partial charge on any atom is 0.119 e. The van der Waals surface area contributed by atoms with Crippen molar-refractivity contribution in [1.82, 2.24) is 5.32 Å². The molecule has 0 aliphatic rings. The summed E-state index contributed by atoms with van der Waals surface area (Å²) >= 11 is 7.63. The number of benzene rings is 1. The van der Waals surface area contributed by atoms with Crippen LogP contribution < -0.4 is 10.1 Å². The van der Waals surface area contributed by atoms with Gasteiger partial charge in [0.25, 0.3) is 0 Å². The van der Waals surface area contributed by atoms with Crippen molar-refractivity contribution in [3.8, 4) is 5.75 Å². The van der Waals surface area contributed by atoms with Gasteiger partial charge in [0.05, 0.1) is 4.34 Å². The molecule has 108 valence electrons. The van der Waals surface area contributed by atoms with E-state index >= 15 is 0 Å². The molecule has 2 nitrogen and oxygen atoms in total. The third-order valence-corrected chi connectivity index (χ3v) is 4.21. The van der Waals surface area contributed by atoms with Crippen LogP contribution >= 0.6 is 22.9 Å². The van der Waals surface area contributed by atoms with Crippen LogP contribution in [0, 0.1) is 0 Å². The van der Waals surface area contributed by atoms with Crippen LogP contribution in [0.1, 0.15) is 18.2 Å². The summed E-state index contributed by atoms with van der Waals surface area (Å²) in [6.07, 6.45) is 2.07. The maximum absolute atomic E-state index is 5.99. The lowest BCUT2D eigenvalue weighted by Crippen LogP contribution is -2.36. The molecule has 0 bridgehead atoms. The lowest BCUT2D eigenvalue weighted by atomic mass is 10.2. The van der Waals surface area contributed by atoms with E-state index in [1.807, 2.05) is 36.4 Å². The van der Waals surface area contributed by atoms with E-state index in [4.69, 9.17) is 16.3 Å². The Bertz CT molecular complexity index is 500. The molecular formula is C16H20ClNOS. The van der Waals surface area contributed by atoms with Crippen molar-refractivity contribution in [2.45, 2.75) is 25.8 Å². The second-order valence-corrected chi connectivity index (χ2v) is 6.48. The highest BCUT2D eigenvalue weighted by Gasteiger charge is 2.11. The third kappa shape index (κ3) is 5.16. The number of rotatable bonds is 8. The molecule has 20 heavy (non-hydrogen) atoms. The first-order valence-electron chi connectivity index (χ1n) is 6.93. The third-order valence-electron chi connectivity index (χ3n) is 2.95. The van der Waals surface area contributed by atoms with E-state index in [1.165, 1.54) is 4.88 Å². The molecule has 1 heterocycles. The molecule has 1 unspecified atom stereocenters. The van der Waals surface area contributed by atoms with E-state index in [-0.39, 0.29) is 0 Å². The fourth-order valence-electron chi connectivity index (χ4n) is 1.96. The first kappa shape index (κ1) is 15.4. The van der Waals surface area contributed by atoms with Crippen molar-refractivity contribution in [2.75, 3.05) is 13.2 Å². The highest BCUT2D eigenvalue weighted by atomic mass is 35.5. The van der Waals surface area contributed by atoms with Crippen LogP contribution in [0.25, 0.3) is 0 Å². The van der Waals surface area contributed by atoms with Gasteiger partial charge in [0.15, 0.2) is 0 Å². The van der Waals surface area contributed by atoms with E-state index in [2.05, 4.69) is 18.3 Å². The summed E-state index contributed by atoms with van der Waals surface area (Å²) < 4.78 is 6.70. The van der Waals surface area contributed by atoms with Crippen molar-refractivity contribution in [2.24, 2.45) is 0 Å². The zero-order valence-corrected chi connectivity index (χ0v) is 13.2. The molecule has 0 aliphatic carbocycles. The SMILES string of the molecule is CCCNC(COc1ccccc1)Cc1ccc(Cl)s1. The van der Waals surface area contributed by atoms with Gasteiger partial charge in [0.2, 0.25) is 0 Å². The summed E-state index contributed by atoms with van der Waals surface area (Å²) in [6, 6.07) is 14.3. The molecule has 0 fully saturated rings. The minimum absolute atomic E-state index is 0.310. The molecule has 0 aliphatic heterocycles. The Morgan fingerprint density at radius 1 is 1.20 bits per heavy atom. The van der Waals surface area contributed by atoms with E-state index in [1.54, 1.807) is 11.3 Å². The number of ether oxygens (including phenoxy) is 1. The van der Waals surface area contributed by atoms with Gasteiger partial charge in [-0.1, -0.05) is 36.7 Å². The number of hydrogen-bond donors (Lipinski definition) is 1. The summed E-state index contributed by atoms with van der Waals surface area (Å²) in [6.45, 7) is 3.84. The Hall–Kier alpha value is -1.03. The zero-order chi connectivity index (χ0) is 14.2. The summed E-state index contributed by atoms with van der Waals surface area (Å²) in [5.74, 6) is 0.917. The highest BCUT2D eigenvalue weighted by Crippen LogP contribution is 2.22. The highest BCUT2D eigenvalue weighted by molar-refractivity contribution is 7.16. The van der Waals surface area contributed by atoms with Crippen LogP contribution in [0.2, 0.25) is 4.34 Å². The maximum atomic E-state index is 5.99. The van der Waals surface area contributed by atoms with Crippen LogP contribution in [0.5, 0.6) is 5.75 Å². The predicted molar refractivity (Wildman–Crippen MR) is 87.1 cm³/mol. The van der Waals surface area contributed by atoms with Crippen LogP contribution in [-0.2, 0) is 6.42 Å². The number of hydrogen-bond acceptors (Lipinski definition) is 3. The second kappa shape index (κ2) is 8.30. The minimum atomic E-state index is 0.310. The molecule has 4 heteroatoms. The summed E-state index contributed by atoms with van der Waals surface area (Å²) in [5, 5.41) is 3.54. The first-order valence-corrected chi connectivity index (χ1v) is 8.13. The molecule has 1 aromatic heterocycles. The Labute approximate surface area is 129 Å². The van der Waals surface area contributed by atoms with Crippen molar-refractivity contribution < 1.29 is 4.74 Å². The van der Waals surface area contributed by atoms with Crippen LogP contribution in [0.15, 0.2) is 42.5 Å². The molecule has 0 amide bonds. The molecule has 2 rings (SSSR count). The van der Waals surface area contributed by atoms with Crippen molar-refractivity contribution in [3.05, 3.63) is 51.7 Å². The van der Waals surface area contributed by atoms with Crippen molar-refractivity contribution >= 4 is 22.9 Å². The number of para-hydroxylation sites is 1. The fraction of sp³-hybridized carbons (Fsp3) is 0.375. The summed E-state index contributed by atoms with van der Waals surface area (Å²) in [5.41, 5.74) is 0. The average Bonchev–Trinajstić information content (AvgIpc) is 2.88. The smallest absolute Gasteiger partial charge is 0.119 e. The molecule has 0 saturated carbocycles. The Morgan fingerprint density at radius 2 is 2.00 bits per heavy atom. The van der Waals surface area contributed by atoms with Gasteiger partial charge >= 0.3 is 0 Å². The number of thiophene rings is 1. The molecule has 1 atom stereocenters. The summed E-state index contributed by atoms with van der Waals surface area (Å²) in [7, 11) is 0. The molecule has 0 spiro atoms. The minimum Gasteiger partial charge on any atom is -0.492 e. The first-order chi connectivity index (χ1) is 9.78. The molecule has 2 aromatic rings. The molecule has 0 radical (unpaired) electrons. The summed E-state index contributed by atoms with van der Waals surface area (Å²) in [4.78, 5) is 1.29. The second-order valence-electron chi connectivity index (χ2n) is 4.69. The van der Waals surface area contributed by atoms with E-state index in [9.17, 15) is 0 Å². The van der Waals surface area contributed by atoms with Gasteiger partial charge in [0.1, 0.15) is 12.4 Å². The van der Waals surface area contributed by atoms with Crippen LogP contribution in [-0.4, -0.2) is 19.2 Å². The fourth-order valence-corrected chi connectivity index (χ4v) is 3.12. The molecular weight excluding hydrogens is 290 g/mol. The Kier molecular flexibility index (Phi) is 6.37. The van der Waals surface area contributed by atoms with Gasteiger partial charge < -0.3 is 10.1 Å². The van der Waals surface area contributed by atoms with E-state index in [0.717, 1.165) is 29.5 Å². The zero-order valence-electron chi connectivity index (χ0n) is 11.6. The molecule has 1 aromatic carbocycles. The van der Waals surface area contributed by atoms with Crippen molar-refractivity contribution in [3.63, 3.8) is 0 Å². The Morgan fingerprint density at radius 3 is 2.65 bits per heavy atom. The lowest BCUT2D eigenvalue weighted by Gasteiger charge is -2.18. The van der Waals surface area contributed by atoms with Crippen molar-refractivity contribution in [1.29, 1.82) is 0 Å². The van der Waals surface area contributed by atoms with E-state index in [0.29, 0.717) is 12.6 Å². The van der Waals surface area contributed by atoms with Gasteiger partial charge in [-0.3, -0.25) is 0 Å². The normalized spacial score (nSPS) is 12.3. The van der Waals surface area contributed by atoms with Gasteiger partial charge in [-0.05, 0) is 37.2 Å². The van der Waals surface area contributed by atoms with Gasteiger partial charge in [-0.25, -0.2) is 0 Å². The topological polar surface area (TPSA) is 21.3 Å². The van der Waals surface area contributed by atoms with Gasteiger partial charge in [0, 0.05) is 17.3 Å². The number of nitrogens with one attached hydrogen (secondary N) is 1. The standard InChI is InChI=1S/C16H20ClNOS/c1-2-10-18-13(11-15-8-9-16(17)20-15)12-19-14-6-4-3-5-7-14/h3-9,13,18H,2,10-12H2,1H3. The number of halogens is 1. The molecule has 0 saturated heterocycles. The van der Waals surface area contributed by atoms with Crippen LogP contribution in [0.3, 0.4) is 0 Å². The largest absolute Gasteiger partial charge is 0.492 e. The van der Waals surface area contributed by atoms with Gasteiger partial charge in [-0.2, -0.15) is 0 Å². The monoisotopic (exact) mass is 309 g/mol. The van der Waals surface area contributed by atoms with Gasteiger partial charge in [-0.15, -0.1) is 11.3 Å². The van der Waals surface area contributed by atoms with Crippen LogP contribution in [0.4, 0.5) is 0 Å².